The van der Waals surface area contributed by atoms with Gasteiger partial charge in [0.25, 0.3) is 5.72 Å². The first-order valence-corrected chi connectivity index (χ1v) is 8.58. The van der Waals surface area contributed by atoms with Gasteiger partial charge in [-0.2, -0.15) is 13.2 Å². The number of halogens is 3. The number of ether oxygens (including phenoxy) is 1. The SMILES string of the molecule is CC(C)OC(=O)N[C@H]1CC[C@H](C2=NC(O)(C(F)(F)F)CS2)CC1. The first-order chi connectivity index (χ1) is 10.6. The van der Waals surface area contributed by atoms with Crippen LogP contribution in [0.2, 0.25) is 0 Å². The highest BCUT2D eigenvalue weighted by Crippen LogP contribution is 2.42. The van der Waals surface area contributed by atoms with Gasteiger partial charge in [-0.05, 0) is 39.5 Å². The highest BCUT2D eigenvalue weighted by molar-refractivity contribution is 8.14. The monoisotopic (exact) mass is 354 g/mol. The predicted octanol–water partition coefficient (Wildman–Crippen LogP) is 3.08. The van der Waals surface area contributed by atoms with E-state index in [0.29, 0.717) is 30.7 Å². The van der Waals surface area contributed by atoms with E-state index in [1.54, 1.807) is 13.8 Å². The van der Waals surface area contributed by atoms with E-state index in [-0.39, 0.29) is 18.1 Å². The molecule has 1 atom stereocenters. The van der Waals surface area contributed by atoms with Gasteiger partial charge in [-0.3, -0.25) is 0 Å². The smallest absolute Gasteiger partial charge is 0.439 e. The Morgan fingerprint density at radius 3 is 2.48 bits per heavy atom. The Morgan fingerprint density at radius 1 is 1.39 bits per heavy atom. The van der Waals surface area contributed by atoms with Crippen molar-refractivity contribution in [2.45, 2.75) is 63.6 Å². The van der Waals surface area contributed by atoms with Crippen LogP contribution in [-0.2, 0) is 4.74 Å². The largest absolute Gasteiger partial charge is 0.447 e. The second-order valence-electron chi connectivity index (χ2n) is 6.20. The van der Waals surface area contributed by atoms with Crippen LogP contribution in [0, 0.1) is 5.92 Å². The molecule has 5 nitrogen and oxygen atoms in total. The molecule has 0 aromatic heterocycles. The Morgan fingerprint density at radius 2 is 2.00 bits per heavy atom. The molecule has 2 rings (SSSR count). The molecular formula is C14H21F3N2O3S. The molecule has 0 bridgehead atoms. The maximum atomic E-state index is 12.8. The molecule has 0 radical (unpaired) electrons. The average Bonchev–Trinajstić information content (AvgIpc) is 2.82. The van der Waals surface area contributed by atoms with Crippen molar-refractivity contribution in [2.24, 2.45) is 10.9 Å². The number of aliphatic hydroxyl groups is 1. The third-order valence-corrected chi connectivity index (χ3v) is 5.18. The van der Waals surface area contributed by atoms with Crippen molar-refractivity contribution in [3.63, 3.8) is 0 Å². The molecule has 2 aliphatic rings. The number of carbonyl (C=O) groups is 1. The quantitative estimate of drug-likeness (QED) is 0.817. The van der Waals surface area contributed by atoms with E-state index in [9.17, 15) is 23.1 Å². The topological polar surface area (TPSA) is 70.9 Å². The van der Waals surface area contributed by atoms with Crippen LogP contribution in [-0.4, -0.2) is 46.0 Å². The maximum absolute atomic E-state index is 12.8. The summed E-state index contributed by atoms with van der Waals surface area (Å²) in [6.45, 7) is 3.52. The molecule has 1 aliphatic carbocycles. The van der Waals surface area contributed by atoms with Crippen molar-refractivity contribution in [3.05, 3.63) is 0 Å². The number of amides is 1. The number of nitrogens with one attached hydrogen (secondary N) is 1. The molecule has 1 unspecified atom stereocenters. The molecule has 1 heterocycles. The van der Waals surface area contributed by atoms with Crippen LogP contribution in [0.1, 0.15) is 39.5 Å². The average molecular weight is 354 g/mol. The second kappa shape index (κ2) is 6.88. The lowest BCUT2D eigenvalue weighted by Crippen LogP contribution is -2.44. The van der Waals surface area contributed by atoms with Crippen molar-refractivity contribution in [1.29, 1.82) is 0 Å². The van der Waals surface area contributed by atoms with E-state index in [4.69, 9.17) is 4.74 Å². The Hall–Kier alpha value is -0.960. The zero-order valence-electron chi connectivity index (χ0n) is 13.0. The summed E-state index contributed by atoms with van der Waals surface area (Å²) in [7, 11) is 0. The van der Waals surface area contributed by atoms with E-state index >= 15 is 0 Å². The summed E-state index contributed by atoms with van der Waals surface area (Å²) in [5.74, 6) is -0.569. The molecule has 23 heavy (non-hydrogen) atoms. The van der Waals surface area contributed by atoms with Crippen molar-refractivity contribution >= 4 is 22.9 Å². The highest BCUT2D eigenvalue weighted by atomic mass is 32.2. The number of carbonyl (C=O) groups excluding carboxylic acids is 1. The summed E-state index contributed by atoms with van der Waals surface area (Å²) in [5, 5.41) is 12.7. The number of thioether (sulfide) groups is 1. The van der Waals surface area contributed by atoms with Crippen LogP contribution in [0.25, 0.3) is 0 Å². The van der Waals surface area contributed by atoms with Gasteiger partial charge >= 0.3 is 12.3 Å². The molecule has 1 saturated carbocycles. The van der Waals surface area contributed by atoms with Gasteiger partial charge in [-0.25, -0.2) is 9.79 Å². The minimum atomic E-state index is -4.75. The molecule has 0 saturated heterocycles. The molecule has 0 spiro atoms. The minimum Gasteiger partial charge on any atom is -0.447 e. The minimum absolute atomic E-state index is 0.0361. The molecule has 1 aliphatic heterocycles. The second-order valence-corrected chi connectivity index (χ2v) is 7.20. The molecule has 9 heteroatoms. The number of hydrogen-bond acceptors (Lipinski definition) is 5. The van der Waals surface area contributed by atoms with Crippen molar-refractivity contribution in [2.75, 3.05) is 5.75 Å². The first kappa shape index (κ1) is 18.4. The Balaban J connectivity index is 1.86. The maximum Gasteiger partial charge on any atom is 0.439 e. The number of alkyl halides is 3. The van der Waals surface area contributed by atoms with E-state index < -0.39 is 23.7 Å². The van der Waals surface area contributed by atoms with Crippen LogP contribution in [0.4, 0.5) is 18.0 Å². The zero-order valence-corrected chi connectivity index (χ0v) is 13.8. The summed E-state index contributed by atoms with van der Waals surface area (Å²) in [4.78, 5) is 15.1. The normalized spacial score (nSPS) is 31.9. The van der Waals surface area contributed by atoms with Gasteiger partial charge in [-0.1, -0.05) is 0 Å². The molecule has 0 aromatic rings. The number of nitrogens with zero attached hydrogens (tertiary/aromatic N) is 1. The van der Waals surface area contributed by atoms with Crippen molar-refractivity contribution in [1.82, 2.24) is 5.32 Å². The first-order valence-electron chi connectivity index (χ1n) is 7.59. The van der Waals surface area contributed by atoms with E-state index in [1.165, 1.54) is 0 Å². The van der Waals surface area contributed by atoms with Crippen LogP contribution >= 0.6 is 11.8 Å². The highest BCUT2D eigenvalue weighted by Gasteiger charge is 2.57. The van der Waals surface area contributed by atoms with Crippen molar-refractivity contribution in [3.8, 4) is 0 Å². The fourth-order valence-electron chi connectivity index (χ4n) is 2.68. The van der Waals surface area contributed by atoms with Crippen LogP contribution in [0.5, 0.6) is 0 Å². The van der Waals surface area contributed by atoms with Gasteiger partial charge in [0.1, 0.15) is 0 Å². The summed E-state index contributed by atoms with van der Waals surface area (Å²) < 4.78 is 43.3. The van der Waals surface area contributed by atoms with E-state index in [2.05, 4.69) is 10.3 Å². The Kier molecular flexibility index (Phi) is 5.50. The van der Waals surface area contributed by atoms with Crippen LogP contribution < -0.4 is 5.32 Å². The van der Waals surface area contributed by atoms with Gasteiger partial charge in [0.05, 0.1) is 16.9 Å². The Bertz CT molecular complexity index is 476. The standard InChI is InChI=1S/C14H21F3N2O3S/c1-8(2)22-12(20)18-10-5-3-9(4-6-10)11-19-13(21,7-23-11)14(15,16)17/h8-10,21H,3-7H2,1-2H3,(H,18,20)/t9-,10-,13?. The van der Waals surface area contributed by atoms with Crippen LogP contribution in [0.3, 0.4) is 0 Å². The van der Waals surface area contributed by atoms with Gasteiger partial charge in [0.2, 0.25) is 0 Å². The predicted molar refractivity (Wildman–Crippen MR) is 81.4 cm³/mol. The van der Waals surface area contributed by atoms with Crippen LogP contribution in [0.15, 0.2) is 4.99 Å². The zero-order chi connectivity index (χ0) is 17.3. The Labute approximate surface area is 137 Å². The lowest BCUT2D eigenvalue weighted by Gasteiger charge is -2.29. The van der Waals surface area contributed by atoms with E-state index in [1.807, 2.05) is 0 Å². The molecule has 1 amide bonds. The fourth-order valence-corrected chi connectivity index (χ4v) is 3.94. The van der Waals surface area contributed by atoms with E-state index in [0.717, 1.165) is 11.8 Å². The molecule has 1 fully saturated rings. The number of aliphatic imine (C=N–C) groups is 1. The van der Waals surface area contributed by atoms with Gasteiger partial charge in [0, 0.05) is 12.0 Å². The fraction of sp³-hybridized carbons (Fsp3) is 0.857. The molecule has 2 N–H and O–H groups in total. The summed E-state index contributed by atoms with van der Waals surface area (Å²) in [5.41, 5.74) is -2.96. The molecule has 0 aromatic carbocycles. The third-order valence-electron chi connectivity index (χ3n) is 3.91. The lowest BCUT2D eigenvalue weighted by molar-refractivity contribution is -0.245. The summed E-state index contributed by atoms with van der Waals surface area (Å²) >= 11 is 0.974. The van der Waals surface area contributed by atoms with Crippen molar-refractivity contribution < 1.29 is 27.8 Å². The lowest BCUT2D eigenvalue weighted by atomic mass is 9.86. The summed E-state index contributed by atoms with van der Waals surface area (Å²) in [6.07, 6.45) is -2.85. The molecular weight excluding hydrogens is 333 g/mol. The number of hydrogen-bond donors (Lipinski definition) is 2. The van der Waals surface area contributed by atoms with Gasteiger partial charge < -0.3 is 15.2 Å². The number of alkyl carbamates (subject to hydrolysis) is 1. The molecule has 132 valence electrons. The third kappa shape index (κ3) is 4.53. The number of rotatable bonds is 3. The van der Waals surface area contributed by atoms with Gasteiger partial charge in [-0.15, -0.1) is 11.8 Å². The van der Waals surface area contributed by atoms with Gasteiger partial charge in [0.15, 0.2) is 0 Å². The summed E-state index contributed by atoms with van der Waals surface area (Å²) in [6, 6.07) is -0.0361.